The molecule has 1 amide bonds. The average molecular weight is 303 g/mol. The largest absolute Gasteiger partial charge is 0.496 e. The Labute approximate surface area is 127 Å². The smallest absolute Gasteiger partial charge is 0.257 e. The topological polar surface area (TPSA) is 45.7 Å². The number of hydrogen-bond donors (Lipinski definition) is 0. The van der Waals surface area contributed by atoms with Crippen molar-refractivity contribution >= 4 is 22.4 Å². The maximum absolute atomic E-state index is 12.6. The second-order valence-electron chi connectivity index (χ2n) is 4.79. The van der Waals surface area contributed by atoms with E-state index >= 15 is 0 Å². The first-order valence-corrected chi connectivity index (χ1v) is 7.74. The molecule has 3 rings (SSSR count). The number of aromatic nitrogens is 1. The van der Waals surface area contributed by atoms with Gasteiger partial charge in [0.15, 0.2) is 5.13 Å². The van der Waals surface area contributed by atoms with Gasteiger partial charge >= 0.3 is 0 Å². The molecule has 0 saturated carbocycles. The minimum Gasteiger partial charge on any atom is -0.496 e. The van der Waals surface area contributed by atoms with Gasteiger partial charge in [0.05, 0.1) is 12.7 Å². The molecule has 1 aliphatic rings. The molecule has 2 heterocycles. The summed E-state index contributed by atoms with van der Waals surface area (Å²) in [5.74, 6) is 0.663. The normalized spacial score (nSPS) is 15.1. The second kappa shape index (κ2) is 6.13. The lowest BCUT2D eigenvalue weighted by Crippen LogP contribution is -2.48. The Morgan fingerprint density at radius 1 is 1.24 bits per heavy atom. The highest BCUT2D eigenvalue weighted by atomic mass is 32.1. The van der Waals surface area contributed by atoms with E-state index in [9.17, 15) is 4.79 Å². The third-order valence-corrected chi connectivity index (χ3v) is 4.43. The van der Waals surface area contributed by atoms with E-state index in [2.05, 4.69) is 9.88 Å². The summed E-state index contributed by atoms with van der Waals surface area (Å²) in [5.41, 5.74) is 0.627. The Morgan fingerprint density at radius 3 is 2.67 bits per heavy atom. The molecule has 21 heavy (non-hydrogen) atoms. The number of ether oxygens (including phenoxy) is 1. The van der Waals surface area contributed by atoms with Gasteiger partial charge in [-0.3, -0.25) is 4.79 Å². The summed E-state index contributed by atoms with van der Waals surface area (Å²) in [6.07, 6.45) is 1.81. The van der Waals surface area contributed by atoms with Gasteiger partial charge in [-0.05, 0) is 12.1 Å². The zero-order valence-corrected chi connectivity index (χ0v) is 12.7. The van der Waals surface area contributed by atoms with Crippen LogP contribution in [0.25, 0.3) is 0 Å². The number of nitrogens with zero attached hydrogens (tertiary/aromatic N) is 3. The van der Waals surface area contributed by atoms with E-state index in [1.165, 1.54) is 0 Å². The van der Waals surface area contributed by atoms with Crippen molar-refractivity contribution in [1.82, 2.24) is 9.88 Å². The van der Waals surface area contributed by atoms with Crippen LogP contribution in [0, 0.1) is 0 Å². The molecule has 0 spiro atoms. The fourth-order valence-electron chi connectivity index (χ4n) is 2.46. The summed E-state index contributed by atoms with van der Waals surface area (Å²) >= 11 is 1.63. The van der Waals surface area contributed by atoms with E-state index in [-0.39, 0.29) is 5.91 Å². The van der Waals surface area contributed by atoms with Crippen LogP contribution in [0.5, 0.6) is 5.75 Å². The van der Waals surface area contributed by atoms with Gasteiger partial charge in [-0.25, -0.2) is 4.98 Å². The lowest BCUT2D eigenvalue weighted by atomic mass is 10.1. The summed E-state index contributed by atoms with van der Waals surface area (Å²) in [4.78, 5) is 21.0. The molecule has 0 radical (unpaired) electrons. The molecule has 1 aromatic carbocycles. The van der Waals surface area contributed by atoms with E-state index < -0.39 is 0 Å². The van der Waals surface area contributed by atoms with Crippen molar-refractivity contribution in [2.75, 3.05) is 38.2 Å². The Hall–Kier alpha value is -2.08. The third kappa shape index (κ3) is 2.85. The van der Waals surface area contributed by atoms with Crippen molar-refractivity contribution in [3.8, 4) is 5.75 Å². The van der Waals surface area contributed by atoms with Crippen LogP contribution in [-0.2, 0) is 0 Å². The molecule has 0 N–H and O–H groups in total. The van der Waals surface area contributed by atoms with E-state index in [0.717, 1.165) is 18.2 Å². The summed E-state index contributed by atoms with van der Waals surface area (Å²) in [6.45, 7) is 3.04. The van der Waals surface area contributed by atoms with Crippen LogP contribution >= 0.6 is 11.3 Å². The van der Waals surface area contributed by atoms with Crippen molar-refractivity contribution < 1.29 is 9.53 Å². The number of anilines is 1. The molecule has 2 aromatic rings. The number of carbonyl (C=O) groups excluding carboxylic acids is 1. The zero-order chi connectivity index (χ0) is 14.7. The van der Waals surface area contributed by atoms with Crippen LogP contribution in [0.2, 0.25) is 0 Å². The first kappa shape index (κ1) is 13.9. The molecule has 1 aromatic heterocycles. The fraction of sp³-hybridized carbons (Fsp3) is 0.333. The zero-order valence-electron chi connectivity index (χ0n) is 11.9. The highest BCUT2D eigenvalue weighted by molar-refractivity contribution is 7.13. The van der Waals surface area contributed by atoms with Gasteiger partial charge in [-0.2, -0.15) is 0 Å². The maximum Gasteiger partial charge on any atom is 0.257 e. The molecule has 110 valence electrons. The number of thiazole rings is 1. The van der Waals surface area contributed by atoms with Gasteiger partial charge in [0.1, 0.15) is 5.75 Å². The maximum atomic E-state index is 12.6. The van der Waals surface area contributed by atoms with Gasteiger partial charge in [0.25, 0.3) is 5.91 Å². The number of benzene rings is 1. The minimum atomic E-state index is 0.0336. The Kier molecular flexibility index (Phi) is 4.06. The lowest BCUT2D eigenvalue weighted by Gasteiger charge is -2.34. The number of piperazine rings is 1. The second-order valence-corrected chi connectivity index (χ2v) is 5.67. The fourth-order valence-corrected chi connectivity index (χ4v) is 3.16. The SMILES string of the molecule is COc1ccccc1C(=O)N1CCN(c2nccs2)CC1. The van der Waals surface area contributed by atoms with Crippen LogP contribution in [0.1, 0.15) is 10.4 Å². The van der Waals surface area contributed by atoms with Gasteiger partial charge < -0.3 is 14.5 Å². The standard InChI is InChI=1S/C15H17N3O2S/c1-20-13-5-3-2-4-12(13)14(19)17-7-9-18(10-8-17)15-16-6-11-21-15/h2-6,11H,7-10H2,1H3. The number of rotatable bonds is 3. The van der Waals surface area contributed by atoms with Gasteiger partial charge in [0, 0.05) is 37.8 Å². The van der Waals surface area contributed by atoms with Crippen LogP contribution in [0.4, 0.5) is 5.13 Å². The molecule has 1 fully saturated rings. The molecular formula is C15H17N3O2S. The lowest BCUT2D eigenvalue weighted by molar-refractivity contribution is 0.0743. The van der Waals surface area contributed by atoms with Crippen molar-refractivity contribution in [3.63, 3.8) is 0 Å². The quantitative estimate of drug-likeness (QED) is 0.871. The first-order chi connectivity index (χ1) is 10.3. The molecule has 0 aliphatic carbocycles. The van der Waals surface area contributed by atoms with Crippen LogP contribution in [0.15, 0.2) is 35.8 Å². The van der Waals surface area contributed by atoms with Crippen molar-refractivity contribution in [1.29, 1.82) is 0 Å². The van der Waals surface area contributed by atoms with Gasteiger partial charge in [-0.15, -0.1) is 11.3 Å². The molecule has 6 heteroatoms. The predicted molar refractivity (Wildman–Crippen MR) is 83.2 cm³/mol. The van der Waals surface area contributed by atoms with Crippen LogP contribution < -0.4 is 9.64 Å². The summed E-state index contributed by atoms with van der Waals surface area (Å²) in [6, 6.07) is 7.37. The Balaban J connectivity index is 1.68. The highest BCUT2D eigenvalue weighted by Crippen LogP contribution is 2.22. The van der Waals surface area contributed by atoms with Gasteiger partial charge in [0.2, 0.25) is 0 Å². The predicted octanol–water partition coefficient (Wildman–Crippen LogP) is 2.11. The molecule has 1 saturated heterocycles. The monoisotopic (exact) mass is 303 g/mol. The Bertz CT molecular complexity index is 607. The van der Waals surface area contributed by atoms with Crippen molar-refractivity contribution in [2.45, 2.75) is 0 Å². The average Bonchev–Trinajstić information content (AvgIpc) is 3.09. The van der Waals surface area contributed by atoms with E-state index in [0.29, 0.717) is 24.4 Å². The number of para-hydroxylation sites is 1. The molecule has 5 nitrogen and oxygen atoms in total. The summed E-state index contributed by atoms with van der Waals surface area (Å²) in [7, 11) is 1.59. The number of hydrogen-bond acceptors (Lipinski definition) is 5. The minimum absolute atomic E-state index is 0.0336. The summed E-state index contributed by atoms with van der Waals surface area (Å²) < 4.78 is 5.27. The van der Waals surface area contributed by atoms with Crippen molar-refractivity contribution in [3.05, 3.63) is 41.4 Å². The molecule has 0 unspecified atom stereocenters. The summed E-state index contributed by atoms with van der Waals surface area (Å²) in [5, 5.41) is 3.00. The Morgan fingerprint density at radius 2 is 2.00 bits per heavy atom. The number of carbonyl (C=O) groups is 1. The number of methoxy groups -OCH3 is 1. The highest BCUT2D eigenvalue weighted by Gasteiger charge is 2.24. The van der Waals surface area contributed by atoms with Gasteiger partial charge in [-0.1, -0.05) is 12.1 Å². The molecule has 1 aliphatic heterocycles. The molecule has 0 atom stereocenters. The molecular weight excluding hydrogens is 286 g/mol. The number of amides is 1. The molecule has 0 bridgehead atoms. The van der Waals surface area contributed by atoms with Crippen molar-refractivity contribution in [2.24, 2.45) is 0 Å². The third-order valence-electron chi connectivity index (χ3n) is 3.59. The van der Waals surface area contributed by atoms with E-state index in [1.807, 2.05) is 40.7 Å². The first-order valence-electron chi connectivity index (χ1n) is 6.86. The van der Waals surface area contributed by atoms with E-state index in [1.54, 1.807) is 18.4 Å². The van der Waals surface area contributed by atoms with E-state index in [4.69, 9.17) is 4.74 Å². The van der Waals surface area contributed by atoms with Crippen LogP contribution in [-0.4, -0.2) is 49.1 Å². The van der Waals surface area contributed by atoms with Crippen LogP contribution in [0.3, 0.4) is 0 Å².